The second-order valence-electron chi connectivity index (χ2n) is 6.01. The summed E-state index contributed by atoms with van der Waals surface area (Å²) in [4.78, 5) is 19.5. The largest absolute Gasteiger partial charge is 0.292 e. The fraction of sp³-hybridized carbons (Fsp3) is 0.211. The van der Waals surface area contributed by atoms with Gasteiger partial charge in [0.2, 0.25) is 0 Å². The molecule has 0 amide bonds. The Hall–Kier alpha value is -2.71. The molecule has 0 unspecified atom stereocenters. The fourth-order valence-electron chi connectivity index (χ4n) is 3.16. The lowest BCUT2D eigenvalue weighted by atomic mass is 10.1. The predicted octanol–water partition coefficient (Wildman–Crippen LogP) is 3.89. The van der Waals surface area contributed by atoms with Gasteiger partial charge in [0.15, 0.2) is 0 Å². The molecule has 1 aromatic carbocycles. The molecule has 0 atom stereocenters. The summed E-state index contributed by atoms with van der Waals surface area (Å²) in [6.45, 7) is 4.68. The van der Waals surface area contributed by atoms with Gasteiger partial charge in [0.1, 0.15) is 10.7 Å². The zero-order valence-electron chi connectivity index (χ0n) is 13.5. The first-order chi connectivity index (χ1) is 11.6. The van der Waals surface area contributed by atoms with Crippen molar-refractivity contribution in [3.8, 4) is 6.07 Å². The molecule has 0 radical (unpaired) electrons. The zero-order chi connectivity index (χ0) is 16.8. The van der Waals surface area contributed by atoms with E-state index in [0.717, 1.165) is 44.0 Å². The lowest BCUT2D eigenvalue weighted by Crippen LogP contribution is -2.20. The van der Waals surface area contributed by atoms with Crippen LogP contribution in [0.15, 0.2) is 29.1 Å². The van der Waals surface area contributed by atoms with Gasteiger partial charge in [-0.1, -0.05) is 12.1 Å². The van der Waals surface area contributed by atoms with Crippen molar-refractivity contribution >= 4 is 33.2 Å². The number of hydrogen-bond acceptors (Lipinski definition) is 4. The highest BCUT2D eigenvalue weighted by Crippen LogP contribution is 2.31. The average molecular weight is 333 g/mol. The van der Waals surface area contributed by atoms with Crippen molar-refractivity contribution in [2.24, 2.45) is 0 Å². The molecule has 3 aromatic rings. The van der Waals surface area contributed by atoms with Crippen molar-refractivity contribution in [1.82, 2.24) is 9.55 Å². The molecule has 118 valence electrons. The number of hydrogen-bond donors (Lipinski definition) is 0. The molecule has 0 saturated carbocycles. The van der Waals surface area contributed by atoms with Crippen LogP contribution in [0.5, 0.6) is 0 Å². The Bertz CT molecular complexity index is 1110. The summed E-state index contributed by atoms with van der Waals surface area (Å²) < 4.78 is 1.78. The second kappa shape index (κ2) is 5.43. The number of allylic oxidation sites excluding steroid dienone is 1. The van der Waals surface area contributed by atoms with Crippen LogP contribution >= 0.6 is 11.3 Å². The summed E-state index contributed by atoms with van der Waals surface area (Å²) in [7, 11) is 0. The summed E-state index contributed by atoms with van der Waals surface area (Å²) in [5, 5.41) is 9.79. The van der Waals surface area contributed by atoms with Gasteiger partial charge >= 0.3 is 0 Å². The van der Waals surface area contributed by atoms with Crippen molar-refractivity contribution < 1.29 is 0 Å². The van der Waals surface area contributed by atoms with Gasteiger partial charge in [-0.2, -0.15) is 5.26 Å². The van der Waals surface area contributed by atoms with E-state index in [2.05, 4.69) is 6.07 Å². The molecule has 0 bridgehead atoms. The Morgan fingerprint density at radius 2 is 2.21 bits per heavy atom. The molecule has 1 aliphatic rings. The summed E-state index contributed by atoms with van der Waals surface area (Å²) in [6, 6.07) is 9.63. The quantitative estimate of drug-likeness (QED) is 0.679. The SMILES string of the molecule is Cc1sc2nc3n(c(=O)c2c1C)CC/C3=C/c1cccc(C#N)c1. The maximum atomic E-state index is 12.8. The minimum atomic E-state index is 0.0611. The number of thiophene rings is 1. The van der Waals surface area contributed by atoms with E-state index in [1.165, 1.54) is 0 Å². The Labute approximate surface area is 143 Å². The third kappa shape index (κ3) is 2.19. The van der Waals surface area contributed by atoms with Crippen LogP contribution in [0.2, 0.25) is 0 Å². The minimum Gasteiger partial charge on any atom is -0.292 e. The summed E-state index contributed by atoms with van der Waals surface area (Å²) >= 11 is 1.58. The summed E-state index contributed by atoms with van der Waals surface area (Å²) in [5.74, 6) is 0.760. The molecule has 4 nitrogen and oxygen atoms in total. The number of rotatable bonds is 1. The topological polar surface area (TPSA) is 58.7 Å². The average Bonchev–Trinajstić information content (AvgIpc) is 3.10. The van der Waals surface area contributed by atoms with Crippen LogP contribution in [-0.4, -0.2) is 9.55 Å². The molecule has 0 aliphatic carbocycles. The molecule has 5 heteroatoms. The van der Waals surface area contributed by atoms with Gasteiger partial charge in [0, 0.05) is 11.4 Å². The van der Waals surface area contributed by atoms with Gasteiger partial charge in [-0.25, -0.2) is 4.98 Å². The molecule has 0 N–H and O–H groups in total. The first-order valence-electron chi connectivity index (χ1n) is 7.80. The smallest absolute Gasteiger partial charge is 0.262 e. The molecular weight excluding hydrogens is 318 g/mol. The van der Waals surface area contributed by atoms with Gasteiger partial charge in [0.25, 0.3) is 5.56 Å². The normalized spacial score (nSPS) is 15.0. The Morgan fingerprint density at radius 1 is 1.38 bits per heavy atom. The number of benzene rings is 1. The molecule has 24 heavy (non-hydrogen) atoms. The Kier molecular flexibility index (Phi) is 3.36. The molecular formula is C19H15N3OS. The van der Waals surface area contributed by atoms with E-state index in [4.69, 9.17) is 10.2 Å². The predicted molar refractivity (Wildman–Crippen MR) is 97.0 cm³/mol. The zero-order valence-corrected chi connectivity index (χ0v) is 14.3. The highest BCUT2D eigenvalue weighted by molar-refractivity contribution is 7.18. The number of aryl methyl sites for hydroxylation is 2. The van der Waals surface area contributed by atoms with Crippen molar-refractivity contribution in [3.05, 3.63) is 62.0 Å². The highest BCUT2D eigenvalue weighted by atomic mass is 32.1. The van der Waals surface area contributed by atoms with Gasteiger partial charge in [-0.05, 0) is 55.2 Å². The van der Waals surface area contributed by atoms with E-state index < -0.39 is 0 Å². The van der Waals surface area contributed by atoms with E-state index in [1.807, 2.05) is 38.1 Å². The van der Waals surface area contributed by atoms with Crippen molar-refractivity contribution in [2.75, 3.05) is 0 Å². The maximum absolute atomic E-state index is 12.8. The van der Waals surface area contributed by atoms with E-state index in [9.17, 15) is 4.79 Å². The molecule has 0 fully saturated rings. The van der Waals surface area contributed by atoms with Crippen molar-refractivity contribution in [3.63, 3.8) is 0 Å². The van der Waals surface area contributed by atoms with Crippen LogP contribution in [0.3, 0.4) is 0 Å². The first kappa shape index (κ1) is 14.9. The monoisotopic (exact) mass is 333 g/mol. The summed E-state index contributed by atoms with van der Waals surface area (Å²) in [6.07, 6.45) is 2.82. The lowest BCUT2D eigenvalue weighted by molar-refractivity contribution is 0.726. The van der Waals surface area contributed by atoms with Gasteiger partial charge in [-0.15, -0.1) is 11.3 Å². The van der Waals surface area contributed by atoms with Crippen LogP contribution in [0.4, 0.5) is 0 Å². The Balaban J connectivity index is 1.90. The lowest BCUT2D eigenvalue weighted by Gasteiger charge is -2.03. The van der Waals surface area contributed by atoms with Gasteiger partial charge in [0.05, 0.1) is 17.0 Å². The molecule has 2 aromatic heterocycles. The Morgan fingerprint density at radius 3 is 3.00 bits per heavy atom. The van der Waals surface area contributed by atoms with Crippen molar-refractivity contribution in [2.45, 2.75) is 26.8 Å². The van der Waals surface area contributed by atoms with E-state index in [0.29, 0.717) is 12.1 Å². The van der Waals surface area contributed by atoms with Crippen LogP contribution in [0, 0.1) is 25.2 Å². The van der Waals surface area contributed by atoms with Crippen LogP contribution in [-0.2, 0) is 6.54 Å². The van der Waals surface area contributed by atoms with E-state index in [-0.39, 0.29) is 5.56 Å². The van der Waals surface area contributed by atoms with Crippen LogP contribution < -0.4 is 5.56 Å². The summed E-state index contributed by atoms with van der Waals surface area (Å²) in [5.41, 5.74) is 3.75. The molecule has 1 aliphatic heterocycles. The van der Waals surface area contributed by atoms with Crippen LogP contribution in [0.1, 0.15) is 33.8 Å². The van der Waals surface area contributed by atoms with E-state index >= 15 is 0 Å². The first-order valence-corrected chi connectivity index (χ1v) is 8.62. The third-order valence-electron chi connectivity index (χ3n) is 4.54. The second-order valence-corrected chi connectivity index (χ2v) is 7.22. The fourth-order valence-corrected chi connectivity index (χ4v) is 4.18. The third-order valence-corrected chi connectivity index (χ3v) is 5.64. The van der Waals surface area contributed by atoms with Gasteiger partial charge in [-0.3, -0.25) is 9.36 Å². The highest BCUT2D eigenvalue weighted by Gasteiger charge is 2.23. The number of fused-ring (bicyclic) bond motifs is 2. The van der Waals surface area contributed by atoms with Crippen molar-refractivity contribution in [1.29, 1.82) is 5.26 Å². The molecule has 4 rings (SSSR count). The number of nitriles is 1. The maximum Gasteiger partial charge on any atom is 0.262 e. The van der Waals surface area contributed by atoms with E-state index in [1.54, 1.807) is 22.0 Å². The van der Waals surface area contributed by atoms with Crippen LogP contribution in [0.25, 0.3) is 21.9 Å². The number of aromatic nitrogens is 2. The standard InChI is InChI=1S/C19H15N3OS/c1-11-12(2)24-18-16(11)19(23)22-7-6-15(17(22)21-18)9-13-4-3-5-14(8-13)10-20/h3-5,8-9H,6-7H2,1-2H3/b15-9-. The molecule has 0 saturated heterocycles. The minimum absolute atomic E-state index is 0.0611. The molecule has 0 spiro atoms. The molecule has 3 heterocycles. The number of nitrogens with zero attached hydrogens (tertiary/aromatic N) is 3. The van der Waals surface area contributed by atoms with Gasteiger partial charge < -0.3 is 0 Å².